The molecule has 0 aromatic heterocycles. The van der Waals surface area contributed by atoms with E-state index in [1.165, 1.54) is 6.92 Å². The Hall–Kier alpha value is -1.35. The monoisotopic (exact) mass is 239 g/mol. The molecule has 0 fully saturated rings. The van der Waals surface area contributed by atoms with E-state index >= 15 is 0 Å². The molecule has 0 rings (SSSR count). The normalized spacial score (nSPS) is 12.9. The topological polar surface area (TPSA) is 139 Å². The van der Waals surface area contributed by atoms with Crippen molar-refractivity contribution < 1.29 is 23.1 Å². The van der Waals surface area contributed by atoms with Gasteiger partial charge in [0, 0.05) is 6.54 Å². The number of carbonyl (C=O) groups excluding carboxylic acids is 1. The zero-order valence-corrected chi connectivity index (χ0v) is 8.87. The van der Waals surface area contributed by atoms with Gasteiger partial charge in [0.05, 0.1) is 5.75 Å². The lowest BCUT2D eigenvalue weighted by Gasteiger charge is -2.09. The summed E-state index contributed by atoms with van der Waals surface area (Å²) in [5.74, 6) is -1.58. The Labute approximate surface area is 86.9 Å². The van der Waals surface area contributed by atoms with Gasteiger partial charge in [-0.3, -0.25) is 4.79 Å². The van der Waals surface area contributed by atoms with Crippen LogP contribution in [0.3, 0.4) is 0 Å². The van der Waals surface area contributed by atoms with Crippen LogP contribution < -0.4 is 15.8 Å². The van der Waals surface area contributed by atoms with Gasteiger partial charge < -0.3 is 15.7 Å². The van der Waals surface area contributed by atoms with Gasteiger partial charge in [-0.2, -0.15) is 0 Å². The summed E-state index contributed by atoms with van der Waals surface area (Å²) >= 11 is 0. The van der Waals surface area contributed by atoms with Crippen LogP contribution in [0.5, 0.6) is 0 Å². The van der Waals surface area contributed by atoms with Gasteiger partial charge in [0.25, 0.3) is 0 Å². The molecule has 0 radical (unpaired) electrons. The van der Waals surface area contributed by atoms with Crippen LogP contribution in [0, 0.1) is 0 Å². The number of primary sulfonamides is 1. The molecule has 1 atom stereocenters. The van der Waals surface area contributed by atoms with E-state index in [0.29, 0.717) is 0 Å². The molecule has 0 heterocycles. The Balaban J connectivity index is 3.82. The third-order valence-electron chi connectivity index (χ3n) is 1.39. The summed E-state index contributed by atoms with van der Waals surface area (Å²) in [4.78, 5) is 21.2. The van der Waals surface area contributed by atoms with Crippen molar-refractivity contribution in [2.45, 2.75) is 13.0 Å². The molecule has 1 unspecified atom stereocenters. The highest BCUT2D eigenvalue weighted by atomic mass is 32.2. The molecule has 8 nitrogen and oxygen atoms in total. The molecule has 9 heteroatoms. The largest absolute Gasteiger partial charge is 0.480 e. The van der Waals surface area contributed by atoms with Crippen molar-refractivity contribution in [3.8, 4) is 0 Å². The number of sulfonamides is 1. The van der Waals surface area contributed by atoms with Crippen molar-refractivity contribution >= 4 is 22.0 Å². The van der Waals surface area contributed by atoms with Crippen LogP contribution in [0.15, 0.2) is 0 Å². The second-order valence-corrected chi connectivity index (χ2v) is 4.56. The number of nitrogens with one attached hydrogen (secondary N) is 2. The maximum absolute atomic E-state index is 10.9. The smallest absolute Gasteiger partial charge is 0.325 e. The Morgan fingerprint density at radius 2 is 2.00 bits per heavy atom. The second kappa shape index (κ2) is 5.51. The van der Waals surface area contributed by atoms with Gasteiger partial charge in [-0.25, -0.2) is 18.4 Å². The highest BCUT2D eigenvalue weighted by Crippen LogP contribution is 1.81. The fraction of sp³-hybridized carbons (Fsp3) is 0.667. The molecule has 0 aliphatic heterocycles. The number of carbonyl (C=O) groups is 2. The van der Waals surface area contributed by atoms with Gasteiger partial charge in [-0.15, -0.1) is 0 Å². The number of rotatable bonds is 5. The summed E-state index contributed by atoms with van der Waals surface area (Å²) in [6, 6.07) is -1.80. The number of hydrogen-bond donors (Lipinski definition) is 4. The predicted octanol–water partition coefficient (Wildman–Crippen LogP) is -1.95. The minimum absolute atomic E-state index is 0.170. The average molecular weight is 239 g/mol. The van der Waals surface area contributed by atoms with E-state index < -0.39 is 33.8 Å². The summed E-state index contributed by atoms with van der Waals surface area (Å²) < 4.78 is 20.9. The van der Waals surface area contributed by atoms with Crippen molar-refractivity contribution in [3.05, 3.63) is 0 Å². The van der Waals surface area contributed by atoms with Crippen LogP contribution in [-0.2, 0) is 14.8 Å². The molecule has 88 valence electrons. The molecule has 0 spiro atoms. The second-order valence-electron chi connectivity index (χ2n) is 2.83. The van der Waals surface area contributed by atoms with Gasteiger partial charge in [0.15, 0.2) is 0 Å². The van der Waals surface area contributed by atoms with Crippen molar-refractivity contribution in [1.82, 2.24) is 10.6 Å². The summed E-state index contributed by atoms with van der Waals surface area (Å²) in [7, 11) is -3.62. The fourth-order valence-electron chi connectivity index (χ4n) is 0.616. The molecule has 0 bridgehead atoms. The third-order valence-corrected chi connectivity index (χ3v) is 2.16. The van der Waals surface area contributed by atoms with Crippen molar-refractivity contribution in [2.75, 3.05) is 12.3 Å². The number of carboxylic acids is 1. The van der Waals surface area contributed by atoms with Crippen LogP contribution >= 0.6 is 0 Å². The Morgan fingerprint density at radius 3 is 2.40 bits per heavy atom. The van der Waals surface area contributed by atoms with E-state index in [4.69, 9.17) is 5.11 Å². The van der Waals surface area contributed by atoms with E-state index in [-0.39, 0.29) is 6.54 Å². The fourth-order valence-corrected chi connectivity index (χ4v) is 1.00. The Bertz CT molecular complexity index is 339. The first-order valence-electron chi connectivity index (χ1n) is 4.00. The molecule has 0 aliphatic rings. The average Bonchev–Trinajstić information content (AvgIpc) is 2.01. The Morgan fingerprint density at radius 1 is 1.47 bits per heavy atom. The summed E-state index contributed by atoms with van der Waals surface area (Å²) in [5, 5.41) is 17.3. The third kappa shape index (κ3) is 7.70. The number of carboxylic acid groups (broad SMARTS) is 1. The summed E-state index contributed by atoms with van der Waals surface area (Å²) in [6.45, 7) is 1.11. The van der Waals surface area contributed by atoms with E-state index in [1.54, 1.807) is 0 Å². The van der Waals surface area contributed by atoms with Crippen LogP contribution in [0.2, 0.25) is 0 Å². The molecule has 0 aromatic carbocycles. The highest BCUT2D eigenvalue weighted by Gasteiger charge is 2.13. The number of aliphatic carboxylic acids is 1. The number of urea groups is 1. The van der Waals surface area contributed by atoms with Crippen LogP contribution in [0.4, 0.5) is 4.79 Å². The molecule has 2 amide bonds. The number of amides is 2. The predicted molar refractivity (Wildman–Crippen MR) is 51.6 cm³/mol. The quantitative estimate of drug-likeness (QED) is 0.441. The number of nitrogens with two attached hydrogens (primary N) is 1. The first kappa shape index (κ1) is 13.7. The zero-order valence-electron chi connectivity index (χ0n) is 8.06. The van der Waals surface area contributed by atoms with E-state index in [9.17, 15) is 18.0 Å². The van der Waals surface area contributed by atoms with E-state index in [0.717, 1.165) is 0 Å². The molecule has 0 aromatic rings. The van der Waals surface area contributed by atoms with Gasteiger partial charge in [0.2, 0.25) is 10.0 Å². The molecular weight excluding hydrogens is 226 g/mol. The lowest BCUT2D eigenvalue weighted by atomic mass is 10.3. The summed E-state index contributed by atoms with van der Waals surface area (Å²) in [6.07, 6.45) is 0. The first-order valence-corrected chi connectivity index (χ1v) is 5.71. The SMILES string of the molecule is CC(NC(=O)NCCS(N)(=O)=O)C(=O)O. The van der Waals surface area contributed by atoms with Crippen molar-refractivity contribution in [2.24, 2.45) is 5.14 Å². The Kier molecular flexibility index (Phi) is 5.02. The number of hydrogen-bond acceptors (Lipinski definition) is 4. The molecule has 0 saturated carbocycles. The maximum atomic E-state index is 10.9. The molecule has 15 heavy (non-hydrogen) atoms. The minimum Gasteiger partial charge on any atom is -0.480 e. The van der Waals surface area contributed by atoms with Crippen LogP contribution in [0.25, 0.3) is 0 Å². The zero-order chi connectivity index (χ0) is 12.1. The first-order chi connectivity index (χ1) is 6.72. The van der Waals surface area contributed by atoms with Gasteiger partial charge in [-0.1, -0.05) is 0 Å². The minimum atomic E-state index is -3.62. The van der Waals surface area contributed by atoms with Gasteiger partial charge in [0.1, 0.15) is 6.04 Å². The van der Waals surface area contributed by atoms with Gasteiger partial charge >= 0.3 is 12.0 Å². The van der Waals surface area contributed by atoms with Crippen LogP contribution in [0.1, 0.15) is 6.92 Å². The summed E-state index contributed by atoms with van der Waals surface area (Å²) in [5.41, 5.74) is 0. The molecule has 0 aliphatic carbocycles. The van der Waals surface area contributed by atoms with E-state index in [2.05, 4.69) is 15.8 Å². The van der Waals surface area contributed by atoms with Crippen molar-refractivity contribution in [1.29, 1.82) is 0 Å². The van der Waals surface area contributed by atoms with Crippen LogP contribution in [-0.4, -0.2) is 43.9 Å². The highest BCUT2D eigenvalue weighted by molar-refractivity contribution is 7.89. The van der Waals surface area contributed by atoms with Crippen molar-refractivity contribution in [3.63, 3.8) is 0 Å². The van der Waals surface area contributed by atoms with E-state index in [1.807, 2.05) is 0 Å². The van der Waals surface area contributed by atoms with Gasteiger partial charge in [-0.05, 0) is 6.92 Å². The molecule has 0 saturated heterocycles. The maximum Gasteiger partial charge on any atom is 0.325 e. The molecule has 5 N–H and O–H groups in total. The lowest BCUT2D eigenvalue weighted by molar-refractivity contribution is -0.138. The molecular formula is C6H13N3O5S. The lowest BCUT2D eigenvalue weighted by Crippen LogP contribution is -2.45. The standard InChI is InChI=1S/C6H13N3O5S/c1-4(5(10)11)9-6(12)8-2-3-15(7,13)14/h4H,2-3H2,1H3,(H,10,11)(H2,7,13,14)(H2,8,9,12).